The second-order valence-corrected chi connectivity index (χ2v) is 7.02. The lowest BCUT2D eigenvalue weighted by Crippen LogP contribution is -2.36. The third kappa shape index (κ3) is 3.13. The Bertz CT molecular complexity index is 659. The van der Waals surface area contributed by atoms with Gasteiger partial charge in [-0.15, -0.1) is 16.4 Å². The molecule has 1 saturated carbocycles. The van der Waals surface area contributed by atoms with E-state index in [-0.39, 0.29) is 11.8 Å². The van der Waals surface area contributed by atoms with Crippen molar-refractivity contribution in [3.63, 3.8) is 0 Å². The number of anilines is 1. The highest BCUT2D eigenvalue weighted by atomic mass is 32.1. The van der Waals surface area contributed by atoms with Gasteiger partial charge in [0.05, 0.1) is 17.9 Å². The Hall–Kier alpha value is -1.80. The predicted molar refractivity (Wildman–Crippen MR) is 85.3 cm³/mol. The molecular formula is C15H19N5O2S. The zero-order chi connectivity index (χ0) is 15.6. The number of nitrogens with zero attached hydrogens (tertiary/aromatic N) is 4. The second kappa shape index (κ2) is 6.37. The molecule has 1 aliphatic carbocycles. The smallest absolute Gasteiger partial charge is 0.229 e. The van der Waals surface area contributed by atoms with Crippen molar-refractivity contribution < 1.29 is 9.53 Å². The summed E-state index contributed by atoms with van der Waals surface area (Å²) in [5.41, 5.74) is 1.09. The van der Waals surface area contributed by atoms with Gasteiger partial charge in [-0.05, 0) is 25.7 Å². The lowest BCUT2D eigenvalue weighted by Gasteiger charge is -2.33. The van der Waals surface area contributed by atoms with Crippen LogP contribution in [-0.4, -0.2) is 39.1 Å². The number of thiazole rings is 1. The largest absolute Gasteiger partial charge is 0.381 e. The molecule has 0 atom stereocenters. The summed E-state index contributed by atoms with van der Waals surface area (Å²) < 4.78 is 7.21. The molecule has 0 radical (unpaired) electrons. The van der Waals surface area contributed by atoms with Crippen LogP contribution in [0, 0.1) is 5.92 Å². The molecule has 3 heterocycles. The van der Waals surface area contributed by atoms with Crippen molar-refractivity contribution in [1.29, 1.82) is 0 Å². The summed E-state index contributed by atoms with van der Waals surface area (Å²) in [4.78, 5) is 16.9. The number of nitrogens with one attached hydrogen (secondary N) is 1. The molecule has 1 amide bonds. The predicted octanol–water partition coefficient (Wildman–Crippen LogP) is 2.22. The number of hydrogen-bond donors (Lipinski definition) is 1. The molecule has 2 aliphatic rings. The van der Waals surface area contributed by atoms with E-state index in [1.165, 1.54) is 11.3 Å². The molecule has 4 rings (SSSR count). The van der Waals surface area contributed by atoms with E-state index in [1.54, 1.807) is 6.20 Å². The molecule has 2 aromatic rings. The van der Waals surface area contributed by atoms with Gasteiger partial charge in [0.25, 0.3) is 0 Å². The maximum Gasteiger partial charge on any atom is 0.229 e. The van der Waals surface area contributed by atoms with Crippen LogP contribution in [0.3, 0.4) is 0 Å². The van der Waals surface area contributed by atoms with Crippen molar-refractivity contribution in [2.45, 2.75) is 37.6 Å². The number of rotatable bonds is 4. The summed E-state index contributed by atoms with van der Waals surface area (Å²) in [5, 5.41) is 13.5. The highest BCUT2D eigenvalue weighted by Crippen LogP contribution is 2.38. The van der Waals surface area contributed by atoms with Gasteiger partial charge in [-0.25, -0.2) is 9.67 Å². The van der Waals surface area contributed by atoms with Gasteiger partial charge in [0.15, 0.2) is 5.13 Å². The summed E-state index contributed by atoms with van der Waals surface area (Å²) >= 11 is 1.51. The highest BCUT2D eigenvalue weighted by Gasteiger charge is 2.36. The molecule has 0 bridgehead atoms. The molecule has 1 N–H and O–H groups in total. The Kier molecular flexibility index (Phi) is 4.09. The van der Waals surface area contributed by atoms with Crippen LogP contribution < -0.4 is 5.32 Å². The molecule has 2 aromatic heterocycles. The van der Waals surface area contributed by atoms with E-state index in [2.05, 4.69) is 26.0 Å². The lowest BCUT2D eigenvalue weighted by atomic mass is 9.80. The Morgan fingerprint density at radius 2 is 2.17 bits per heavy atom. The van der Waals surface area contributed by atoms with Crippen LogP contribution in [0.4, 0.5) is 5.13 Å². The molecule has 7 nitrogen and oxygen atoms in total. The SMILES string of the molecule is O=C(Nc1nc(C2CCOCC2)cs1)C1CC(n2ccnn2)C1. The third-order valence-corrected chi connectivity index (χ3v) is 5.47. The van der Waals surface area contributed by atoms with E-state index in [4.69, 9.17) is 4.74 Å². The van der Waals surface area contributed by atoms with E-state index in [9.17, 15) is 4.79 Å². The molecule has 0 unspecified atom stereocenters. The summed E-state index contributed by atoms with van der Waals surface area (Å²) in [6, 6.07) is 0.294. The maximum absolute atomic E-state index is 12.3. The average Bonchev–Trinajstić information content (AvgIpc) is 3.19. The number of carbonyl (C=O) groups is 1. The Labute approximate surface area is 138 Å². The van der Waals surface area contributed by atoms with Gasteiger partial charge in [0.2, 0.25) is 5.91 Å². The van der Waals surface area contributed by atoms with Crippen LogP contribution in [0.2, 0.25) is 0 Å². The van der Waals surface area contributed by atoms with Gasteiger partial charge < -0.3 is 10.1 Å². The van der Waals surface area contributed by atoms with Crippen LogP contribution in [0.5, 0.6) is 0 Å². The van der Waals surface area contributed by atoms with Gasteiger partial charge >= 0.3 is 0 Å². The van der Waals surface area contributed by atoms with Crippen molar-refractivity contribution in [2.24, 2.45) is 5.92 Å². The van der Waals surface area contributed by atoms with Gasteiger partial charge in [-0.1, -0.05) is 5.21 Å². The van der Waals surface area contributed by atoms with Crippen LogP contribution in [0.1, 0.15) is 43.3 Å². The monoisotopic (exact) mass is 333 g/mol. The van der Waals surface area contributed by atoms with Crippen LogP contribution in [-0.2, 0) is 9.53 Å². The molecule has 0 aromatic carbocycles. The lowest BCUT2D eigenvalue weighted by molar-refractivity contribution is -0.123. The standard InChI is InChI=1S/C15H19N5O2S/c21-14(11-7-12(8-11)20-4-3-16-19-20)18-15-17-13(9-23-15)10-1-5-22-6-2-10/h3-4,9-12H,1-2,5-8H2,(H,17,18,21). The number of carbonyl (C=O) groups excluding carboxylic acids is 1. The van der Waals surface area contributed by atoms with E-state index in [0.29, 0.717) is 17.1 Å². The third-order valence-electron chi connectivity index (χ3n) is 4.69. The second-order valence-electron chi connectivity index (χ2n) is 6.16. The van der Waals surface area contributed by atoms with Gasteiger partial charge in [0, 0.05) is 36.6 Å². The first-order valence-electron chi connectivity index (χ1n) is 7.99. The van der Waals surface area contributed by atoms with Crippen LogP contribution in [0.25, 0.3) is 0 Å². The number of hydrogen-bond acceptors (Lipinski definition) is 6. The van der Waals surface area contributed by atoms with E-state index in [1.807, 2.05) is 10.9 Å². The van der Waals surface area contributed by atoms with E-state index in [0.717, 1.165) is 44.6 Å². The molecule has 122 valence electrons. The van der Waals surface area contributed by atoms with Crippen molar-refractivity contribution >= 4 is 22.4 Å². The first-order valence-corrected chi connectivity index (χ1v) is 8.87. The molecule has 23 heavy (non-hydrogen) atoms. The summed E-state index contributed by atoms with van der Waals surface area (Å²) in [7, 11) is 0. The quantitative estimate of drug-likeness (QED) is 0.928. The minimum atomic E-state index is 0.0413. The van der Waals surface area contributed by atoms with Crippen LogP contribution in [0.15, 0.2) is 17.8 Å². The zero-order valence-electron chi connectivity index (χ0n) is 12.7. The summed E-state index contributed by atoms with van der Waals surface area (Å²) in [6.45, 7) is 1.60. The van der Waals surface area contributed by atoms with Crippen LogP contribution >= 0.6 is 11.3 Å². The van der Waals surface area contributed by atoms with Crippen molar-refractivity contribution in [1.82, 2.24) is 20.0 Å². The van der Waals surface area contributed by atoms with Crippen molar-refractivity contribution in [3.05, 3.63) is 23.5 Å². The molecule has 2 fully saturated rings. The molecular weight excluding hydrogens is 314 g/mol. The van der Waals surface area contributed by atoms with Gasteiger partial charge in [-0.2, -0.15) is 0 Å². The molecule has 8 heteroatoms. The minimum Gasteiger partial charge on any atom is -0.381 e. The van der Waals surface area contributed by atoms with Gasteiger partial charge in [-0.3, -0.25) is 4.79 Å². The van der Waals surface area contributed by atoms with E-state index >= 15 is 0 Å². The van der Waals surface area contributed by atoms with E-state index < -0.39 is 0 Å². The van der Waals surface area contributed by atoms with Crippen molar-refractivity contribution in [3.8, 4) is 0 Å². The number of amides is 1. The summed E-state index contributed by atoms with van der Waals surface area (Å²) in [6.07, 6.45) is 7.17. The Morgan fingerprint density at radius 1 is 1.35 bits per heavy atom. The Morgan fingerprint density at radius 3 is 2.91 bits per heavy atom. The maximum atomic E-state index is 12.3. The first kappa shape index (κ1) is 14.8. The fraction of sp³-hybridized carbons (Fsp3) is 0.600. The molecule has 1 saturated heterocycles. The Balaban J connectivity index is 1.30. The molecule has 1 aliphatic heterocycles. The fourth-order valence-corrected chi connectivity index (χ4v) is 3.96. The van der Waals surface area contributed by atoms with Crippen molar-refractivity contribution in [2.75, 3.05) is 18.5 Å². The van der Waals surface area contributed by atoms with Gasteiger partial charge in [0.1, 0.15) is 0 Å². The highest BCUT2D eigenvalue weighted by molar-refractivity contribution is 7.13. The first-order chi connectivity index (χ1) is 11.3. The topological polar surface area (TPSA) is 81.9 Å². The zero-order valence-corrected chi connectivity index (χ0v) is 13.5. The molecule has 0 spiro atoms. The number of ether oxygens (including phenoxy) is 1. The fourth-order valence-electron chi connectivity index (χ4n) is 3.16. The normalized spacial score (nSPS) is 25.0. The number of aromatic nitrogens is 4. The minimum absolute atomic E-state index is 0.0413. The summed E-state index contributed by atoms with van der Waals surface area (Å²) in [5.74, 6) is 0.569. The average molecular weight is 333 g/mol.